The highest BCUT2D eigenvalue weighted by Crippen LogP contribution is 2.19. The summed E-state index contributed by atoms with van der Waals surface area (Å²) in [5.74, 6) is 0.00574. The molecule has 2 N–H and O–H groups in total. The van der Waals surface area contributed by atoms with Gasteiger partial charge in [0.2, 0.25) is 0 Å². The third-order valence-electron chi connectivity index (χ3n) is 2.29. The largest absolute Gasteiger partial charge is 0.383 e. The molecule has 0 radical (unpaired) electrons. The Morgan fingerprint density at radius 2 is 2.29 bits per heavy atom. The fourth-order valence-corrected chi connectivity index (χ4v) is 1.75. The van der Waals surface area contributed by atoms with Gasteiger partial charge in [0.25, 0.3) is 0 Å². The van der Waals surface area contributed by atoms with Crippen LogP contribution < -0.4 is 10.6 Å². The average Bonchev–Trinajstić information content (AvgIpc) is 2.30. The van der Waals surface area contributed by atoms with E-state index in [9.17, 15) is 4.39 Å². The molecule has 0 unspecified atom stereocenters. The van der Waals surface area contributed by atoms with Crippen molar-refractivity contribution in [3.05, 3.63) is 22.6 Å². The van der Waals surface area contributed by atoms with Crippen LogP contribution in [-0.2, 0) is 4.74 Å². The van der Waals surface area contributed by atoms with Crippen LogP contribution in [0, 0.1) is 5.82 Å². The Kier molecular flexibility index (Phi) is 6.39. The molecule has 17 heavy (non-hydrogen) atoms. The van der Waals surface area contributed by atoms with Crippen LogP contribution in [0.25, 0.3) is 0 Å². The first-order chi connectivity index (χ1) is 8.19. The summed E-state index contributed by atoms with van der Waals surface area (Å²) < 4.78 is 19.4. The number of ether oxygens (including phenoxy) is 1. The number of hydrogen-bond donors (Lipinski definition) is 1. The first-order valence-corrected chi connectivity index (χ1v) is 6.23. The standard InChI is InChI=1S/C11H17BrFN3O/c1-17-6-5-16(4-2-3-14)11-10(13)7-9(12)8-15-11/h7-8H,2-6,14H2,1H3. The molecule has 0 fully saturated rings. The second-order valence-corrected chi connectivity index (χ2v) is 4.50. The predicted octanol–water partition coefficient (Wildman–Crippen LogP) is 1.78. The van der Waals surface area contributed by atoms with Gasteiger partial charge in [-0.1, -0.05) is 0 Å². The van der Waals surface area contributed by atoms with Crippen LogP contribution in [0.1, 0.15) is 6.42 Å². The minimum atomic E-state index is -0.340. The Labute approximate surface area is 109 Å². The molecule has 0 saturated heterocycles. The SMILES string of the molecule is COCCN(CCCN)c1ncc(Br)cc1F. The first kappa shape index (κ1) is 14.3. The lowest BCUT2D eigenvalue weighted by Crippen LogP contribution is -2.31. The van der Waals surface area contributed by atoms with Crippen LogP contribution >= 0.6 is 15.9 Å². The van der Waals surface area contributed by atoms with Crippen molar-refractivity contribution >= 4 is 21.7 Å². The van der Waals surface area contributed by atoms with Gasteiger partial charge in [-0.25, -0.2) is 9.37 Å². The van der Waals surface area contributed by atoms with Crippen molar-refractivity contribution in [1.29, 1.82) is 0 Å². The summed E-state index contributed by atoms with van der Waals surface area (Å²) in [5.41, 5.74) is 5.47. The highest BCUT2D eigenvalue weighted by molar-refractivity contribution is 9.10. The predicted molar refractivity (Wildman–Crippen MR) is 69.7 cm³/mol. The second-order valence-electron chi connectivity index (χ2n) is 3.58. The van der Waals surface area contributed by atoms with Crippen molar-refractivity contribution in [2.45, 2.75) is 6.42 Å². The molecule has 0 aliphatic rings. The number of halogens is 2. The Balaban J connectivity index is 2.79. The van der Waals surface area contributed by atoms with E-state index in [4.69, 9.17) is 10.5 Å². The van der Waals surface area contributed by atoms with Crippen molar-refractivity contribution in [2.24, 2.45) is 5.73 Å². The lowest BCUT2D eigenvalue weighted by Gasteiger charge is -2.23. The first-order valence-electron chi connectivity index (χ1n) is 5.44. The maximum Gasteiger partial charge on any atom is 0.166 e. The molecule has 0 bridgehead atoms. The van der Waals surface area contributed by atoms with Gasteiger partial charge in [-0.05, 0) is 35.0 Å². The van der Waals surface area contributed by atoms with E-state index in [2.05, 4.69) is 20.9 Å². The zero-order chi connectivity index (χ0) is 12.7. The monoisotopic (exact) mass is 305 g/mol. The zero-order valence-electron chi connectivity index (χ0n) is 9.83. The molecule has 1 heterocycles. The summed E-state index contributed by atoms with van der Waals surface area (Å²) in [6.45, 7) is 2.37. The van der Waals surface area contributed by atoms with Gasteiger partial charge in [0, 0.05) is 30.9 Å². The van der Waals surface area contributed by atoms with E-state index < -0.39 is 0 Å². The van der Waals surface area contributed by atoms with E-state index in [1.807, 2.05) is 4.90 Å². The van der Waals surface area contributed by atoms with Gasteiger partial charge >= 0.3 is 0 Å². The fraction of sp³-hybridized carbons (Fsp3) is 0.545. The lowest BCUT2D eigenvalue weighted by atomic mass is 10.3. The van der Waals surface area contributed by atoms with Gasteiger partial charge in [0.05, 0.1) is 6.61 Å². The molecule has 1 aromatic heterocycles. The van der Waals surface area contributed by atoms with E-state index in [1.165, 1.54) is 6.07 Å². The number of hydrogen-bond acceptors (Lipinski definition) is 4. The van der Waals surface area contributed by atoms with E-state index >= 15 is 0 Å². The molecule has 96 valence electrons. The Hall–Kier alpha value is -0.720. The molecule has 6 heteroatoms. The summed E-state index contributed by atoms with van der Waals surface area (Å²) in [6, 6.07) is 1.41. The van der Waals surface area contributed by atoms with Crippen LogP contribution in [0.2, 0.25) is 0 Å². The molecule has 0 amide bonds. The molecule has 1 aromatic rings. The van der Waals surface area contributed by atoms with Crippen LogP contribution in [0.4, 0.5) is 10.2 Å². The molecule has 0 spiro atoms. The third kappa shape index (κ3) is 4.57. The normalized spacial score (nSPS) is 10.6. The quantitative estimate of drug-likeness (QED) is 0.834. The summed E-state index contributed by atoms with van der Waals surface area (Å²) in [6.07, 6.45) is 2.38. The number of methoxy groups -OCH3 is 1. The third-order valence-corrected chi connectivity index (χ3v) is 2.72. The minimum Gasteiger partial charge on any atom is -0.383 e. The van der Waals surface area contributed by atoms with Crippen molar-refractivity contribution < 1.29 is 9.13 Å². The van der Waals surface area contributed by atoms with Crippen molar-refractivity contribution in [3.8, 4) is 0 Å². The van der Waals surface area contributed by atoms with Gasteiger partial charge in [0.15, 0.2) is 11.6 Å². The Morgan fingerprint density at radius 1 is 1.53 bits per heavy atom. The van der Waals surface area contributed by atoms with Crippen LogP contribution in [0.5, 0.6) is 0 Å². The number of anilines is 1. The number of nitrogens with zero attached hydrogens (tertiary/aromatic N) is 2. The topological polar surface area (TPSA) is 51.4 Å². The number of pyridine rings is 1. The van der Waals surface area contributed by atoms with Gasteiger partial charge in [-0.3, -0.25) is 0 Å². The molecule has 0 saturated carbocycles. The molecule has 4 nitrogen and oxygen atoms in total. The van der Waals surface area contributed by atoms with Crippen molar-refractivity contribution in [3.63, 3.8) is 0 Å². The van der Waals surface area contributed by atoms with Gasteiger partial charge in [0.1, 0.15) is 0 Å². The van der Waals surface area contributed by atoms with Crippen LogP contribution in [0.3, 0.4) is 0 Å². The van der Waals surface area contributed by atoms with E-state index in [1.54, 1.807) is 13.3 Å². The van der Waals surface area contributed by atoms with Crippen molar-refractivity contribution in [2.75, 3.05) is 38.3 Å². The number of rotatable bonds is 7. The molecular weight excluding hydrogens is 289 g/mol. The summed E-state index contributed by atoms with van der Waals surface area (Å²) in [5, 5.41) is 0. The average molecular weight is 306 g/mol. The molecule has 0 aliphatic heterocycles. The zero-order valence-corrected chi connectivity index (χ0v) is 11.4. The highest BCUT2D eigenvalue weighted by Gasteiger charge is 2.12. The van der Waals surface area contributed by atoms with Crippen LogP contribution in [0.15, 0.2) is 16.7 Å². The van der Waals surface area contributed by atoms with Crippen LogP contribution in [-0.4, -0.2) is 38.3 Å². The molecule has 0 aromatic carbocycles. The lowest BCUT2D eigenvalue weighted by molar-refractivity contribution is 0.205. The minimum absolute atomic E-state index is 0.340. The number of aromatic nitrogens is 1. The maximum atomic E-state index is 13.7. The van der Waals surface area contributed by atoms with E-state index in [0.29, 0.717) is 36.5 Å². The van der Waals surface area contributed by atoms with Gasteiger partial charge in [-0.2, -0.15) is 0 Å². The Morgan fingerprint density at radius 3 is 2.88 bits per heavy atom. The van der Waals surface area contributed by atoms with E-state index in [-0.39, 0.29) is 5.82 Å². The summed E-state index contributed by atoms with van der Waals surface area (Å²) >= 11 is 3.19. The van der Waals surface area contributed by atoms with Crippen molar-refractivity contribution in [1.82, 2.24) is 4.98 Å². The highest BCUT2D eigenvalue weighted by atomic mass is 79.9. The molecule has 0 atom stereocenters. The Bertz CT molecular complexity index is 343. The van der Waals surface area contributed by atoms with Gasteiger partial charge in [-0.15, -0.1) is 0 Å². The number of nitrogens with two attached hydrogens (primary N) is 1. The maximum absolute atomic E-state index is 13.7. The second kappa shape index (κ2) is 7.58. The summed E-state index contributed by atoms with van der Waals surface area (Å²) in [7, 11) is 1.62. The van der Waals surface area contributed by atoms with Gasteiger partial charge < -0.3 is 15.4 Å². The van der Waals surface area contributed by atoms with E-state index in [0.717, 1.165) is 6.42 Å². The fourth-order valence-electron chi connectivity index (χ4n) is 1.45. The molecular formula is C11H17BrFN3O. The molecule has 1 rings (SSSR count). The summed E-state index contributed by atoms with van der Waals surface area (Å²) in [4.78, 5) is 5.94. The smallest absolute Gasteiger partial charge is 0.166 e. The molecule has 0 aliphatic carbocycles.